The molecule has 21 heteroatoms. The van der Waals surface area contributed by atoms with Crippen LogP contribution in [0.5, 0.6) is 5.75 Å². The summed E-state index contributed by atoms with van der Waals surface area (Å²) < 4.78 is 5.53. The fourth-order valence-corrected chi connectivity index (χ4v) is 7.10. The van der Waals surface area contributed by atoms with Gasteiger partial charge in [0.25, 0.3) is 0 Å². The average molecular weight is 889 g/mol. The lowest BCUT2D eigenvalue weighted by atomic mass is 9.87. The maximum Gasteiger partial charge on any atom is 0.246 e. The van der Waals surface area contributed by atoms with E-state index < -0.39 is 95.8 Å². The van der Waals surface area contributed by atoms with Crippen LogP contribution in [0, 0.1) is 0 Å². The smallest absolute Gasteiger partial charge is 0.246 e. The molecule has 0 aliphatic carbocycles. The molecule has 0 bridgehead atoms. The number of aromatic hydroxyl groups is 1. The van der Waals surface area contributed by atoms with Crippen molar-refractivity contribution in [2.24, 2.45) is 11.5 Å². The summed E-state index contributed by atoms with van der Waals surface area (Å²) in [5, 5.41) is 24.5. The first kappa shape index (κ1) is 49.5. The summed E-state index contributed by atoms with van der Waals surface area (Å²) >= 11 is 0. The van der Waals surface area contributed by atoms with Crippen molar-refractivity contribution in [3.05, 3.63) is 72.1 Å². The maximum atomic E-state index is 14.5. The minimum Gasteiger partial charge on any atom is -0.508 e. The third-order valence-corrected chi connectivity index (χ3v) is 10.5. The number of ether oxygens (including phenoxy) is 1. The number of fused-ring (bicyclic) bond motifs is 1. The Balaban J connectivity index is 1.60. The number of amides is 9. The third-order valence-electron chi connectivity index (χ3n) is 10.5. The standard InChI is InChI=1S/C43H56N10O11/c1-25(54)47-32(19-26-7-8-29-21-30(55)10-9-28(29)18-26)40(61)51-43(13-16-64-17-14-43)42(63)50-31(11-12-37(58)52(2)3)38(59)48-33(22-35(44)56)39(60)49-34(20-27-6-5-15-46-23-27)41(62)53(4)24-36(45)57/h5-10,15,18,21,23,31-34,55H,11-14,16-17,19-20,22,24H2,1-4H3,(H2,44,56)(H2,45,57)(H,47,54)(H,48,59)(H,49,60)(H,50,63)(H,51,61)/t31-,32-,33-,34-/m0/s1. The average Bonchev–Trinajstić information content (AvgIpc) is 3.23. The van der Waals surface area contributed by atoms with Crippen LogP contribution >= 0.6 is 0 Å². The Hall–Kier alpha value is -7.16. The molecule has 344 valence electrons. The van der Waals surface area contributed by atoms with Crippen molar-refractivity contribution < 1.29 is 53.0 Å². The van der Waals surface area contributed by atoms with Gasteiger partial charge in [-0.2, -0.15) is 0 Å². The molecule has 1 aromatic heterocycles. The zero-order chi connectivity index (χ0) is 47.1. The van der Waals surface area contributed by atoms with Gasteiger partial charge in [0.05, 0.1) is 13.0 Å². The number of benzene rings is 2. The lowest BCUT2D eigenvalue weighted by Crippen LogP contribution is -2.66. The number of rotatable bonds is 21. The molecule has 0 unspecified atom stereocenters. The van der Waals surface area contributed by atoms with E-state index in [0.717, 1.165) is 15.7 Å². The second-order valence-corrected chi connectivity index (χ2v) is 15.9. The summed E-state index contributed by atoms with van der Waals surface area (Å²) in [5.74, 6) is -6.96. The predicted octanol–water partition coefficient (Wildman–Crippen LogP) is -1.96. The van der Waals surface area contributed by atoms with Crippen LogP contribution in [-0.4, -0.2) is 144 Å². The number of hydrogen-bond donors (Lipinski definition) is 8. The molecule has 3 aromatic rings. The van der Waals surface area contributed by atoms with E-state index in [2.05, 4.69) is 31.6 Å². The normalized spacial score (nSPS) is 14.9. The predicted molar refractivity (Wildman–Crippen MR) is 230 cm³/mol. The van der Waals surface area contributed by atoms with Gasteiger partial charge in [0.1, 0.15) is 35.5 Å². The van der Waals surface area contributed by atoms with E-state index >= 15 is 0 Å². The molecule has 0 radical (unpaired) electrons. The van der Waals surface area contributed by atoms with Crippen LogP contribution in [-0.2, 0) is 60.7 Å². The van der Waals surface area contributed by atoms with E-state index in [1.165, 1.54) is 51.4 Å². The number of aromatic nitrogens is 1. The number of primary amides is 2. The molecule has 2 heterocycles. The number of pyridine rings is 1. The van der Waals surface area contributed by atoms with Crippen LogP contribution in [0.15, 0.2) is 60.9 Å². The molecule has 0 saturated carbocycles. The highest BCUT2D eigenvalue weighted by atomic mass is 16.5. The van der Waals surface area contributed by atoms with Crippen LogP contribution in [0.2, 0.25) is 0 Å². The van der Waals surface area contributed by atoms with E-state index in [9.17, 15) is 48.3 Å². The zero-order valence-corrected chi connectivity index (χ0v) is 36.2. The topological polar surface area (TPSA) is 315 Å². The maximum absolute atomic E-state index is 14.5. The molecule has 10 N–H and O–H groups in total. The first-order chi connectivity index (χ1) is 30.3. The number of hydrogen-bond acceptors (Lipinski definition) is 12. The largest absolute Gasteiger partial charge is 0.508 e. The number of nitrogens with one attached hydrogen (secondary N) is 5. The van der Waals surface area contributed by atoms with Crippen molar-refractivity contribution in [1.82, 2.24) is 41.4 Å². The van der Waals surface area contributed by atoms with E-state index in [1.54, 1.807) is 42.5 Å². The fraction of sp³-hybridized carbons (Fsp3) is 0.442. The Morgan fingerprint density at radius 3 is 2.03 bits per heavy atom. The Morgan fingerprint density at radius 2 is 1.41 bits per heavy atom. The van der Waals surface area contributed by atoms with Gasteiger partial charge in [-0.1, -0.05) is 30.3 Å². The van der Waals surface area contributed by atoms with Gasteiger partial charge < -0.3 is 57.7 Å². The molecule has 2 aromatic carbocycles. The number of likely N-dealkylation sites (N-methyl/N-ethyl adjacent to an activating group) is 1. The van der Waals surface area contributed by atoms with Gasteiger partial charge in [0.2, 0.25) is 53.2 Å². The molecular formula is C43H56N10O11. The van der Waals surface area contributed by atoms with Gasteiger partial charge in [-0.15, -0.1) is 0 Å². The van der Waals surface area contributed by atoms with E-state index in [-0.39, 0.29) is 57.5 Å². The molecule has 1 aliphatic heterocycles. The Morgan fingerprint density at radius 1 is 0.766 bits per heavy atom. The quantitative estimate of drug-likeness (QED) is 0.0578. The molecular weight excluding hydrogens is 833 g/mol. The number of nitrogens with zero attached hydrogens (tertiary/aromatic N) is 3. The first-order valence-electron chi connectivity index (χ1n) is 20.5. The SMILES string of the molecule is CC(=O)N[C@@H](Cc1ccc2cc(O)ccc2c1)C(=O)NC1(C(=O)N[C@@H](CCC(=O)N(C)C)C(=O)N[C@@H](CC(N)=O)C(=O)N[C@@H](Cc2cccnc2)C(=O)N(C)CC(N)=O)CCOCC1. The number of carbonyl (C=O) groups is 9. The molecule has 4 atom stereocenters. The number of phenolic OH excluding ortho intramolecular Hbond substituents is 1. The number of nitrogens with two attached hydrogens (primary N) is 2. The van der Waals surface area contributed by atoms with Gasteiger partial charge >= 0.3 is 0 Å². The molecule has 21 nitrogen and oxygen atoms in total. The van der Waals surface area contributed by atoms with Crippen molar-refractivity contribution in [1.29, 1.82) is 0 Å². The molecule has 4 rings (SSSR count). The summed E-state index contributed by atoms with van der Waals surface area (Å²) in [7, 11) is 4.29. The number of phenols is 1. The van der Waals surface area contributed by atoms with Gasteiger partial charge in [0, 0.05) is 85.8 Å². The van der Waals surface area contributed by atoms with Gasteiger partial charge in [0.15, 0.2) is 0 Å². The highest BCUT2D eigenvalue weighted by molar-refractivity contribution is 5.99. The highest BCUT2D eigenvalue weighted by Gasteiger charge is 2.44. The van der Waals surface area contributed by atoms with Crippen molar-refractivity contribution >= 4 is 63.9 Å². The molecule has 0 spiro atoms. The molecule has 9 amide bonds. The van der Waals surface area contributed by atoms with Crippen molar-refractivity contribution in [2.45, 2.75) is 81.6 Å². The molecule has 1 saturated heterocycles. The summed E-state index contributed by atoms with van der Waals surface area (Å²) in [4.78, 5) is 125. The van der Waals surface area contributed by atoms with Crippen LogP contribution in [0.4, 0.5) is 0 Å². The van der Waals surface area contributed by atoms with Crippen molar-refractivity contribution in [2.75, 3.05) is 40.9 Å². The van der Waals surface area contributed by atoms with Crippen LogP contribution in [0.3, 0.4) is 0 Å². The number of carbonyl (C=O) groups excluding carboxylic acids is 9. The van der Waals surface area contributed by atoms with E-state index in [4.69, 9.17) is 16.2 Å². The fourth-order valence-electron chi connectivity index (χ4n) is 7.10. The monoisotopic (exact) mass is 888 g/mol. The Kier molecular flexibility index (Phi) is 17.6. The minimum atomic E-state index is -1.70. The van der Waals surface area contributed by atoms with Crippen LogP contribution < -0.4 is 38.1 Å². The summed E-state index contributed by atoms with van der Waals surface area (Å²) in [6.07, 6.45) is 1.46. The second kappa shape index (κ2) is 22.8. The van der Waals surface area contributed by atoms with Crippen LogP contribution in [0.25, 0.3) is 10.8 Å². The summed E-state index contributed by atoms with van der Waals surface area (Å²) in [5.41, 5.74) is 10.3. The summed E-state index contributed by atoms with van der Waals surface area (Å²) in [6.45, 7) is 0.818. The molecule has 64 heavy (non-hydrogen) atoms. The Bertz CT molecular complexity index is 2210. The lowest BCUT2D eigenvalue weighted by Gasteiger charge is -2.38. The van der Waals surface area contributed by atoms with Gasteiger partial charge in [-0.3, -0.25) is 48.1 Å². The molecule has 1 aliphatic rings. The molecule has 1 fully saturated rings. The first-order valence-corrected chi connectivity index (χ1v) is 20.5. The third kappa shape index (κ3) is 14.5. The Labute approximate surface area is 369 Å². The minimum absolute atomic E-state index is 0.0214. The van der Waals surface area contributed by atoms with Crippen molar-refractivity contribution in [3.63, 3.8) is 0 Å². The summed E-state index contributed by atoms with van der Waals surface area (Å²) in [6, 6.07) is 7.64. The van der Waals surface area contributed by atoms with E-state index in [1.807, 2.05) is 0 Å². The van der Waals surface area contributed by atoms with Gasteiger partial charge in [-0.25, -0.2) is 0 Å². The lowest BCUT2D eigenvalue weighted by molar-refractivity contribution is -0.141. The highest BCUT2D eigenvalue weighted by Crippen LogP contribution is 2.24. The van der Waals surface area contributed by atoms with Crippen molar-refractivity contribution in [3.8, 4) is 5.75 Å². The zero-order valence-electron chi connectivity index (χ0n) is 36.2. The van der Waals surface area contributed by atoms with E-state index in [0.29, 0.717) is 11.1 Å². The van der Waals surface area contributed by atoms with Gasteiger partial charge in [-0.05, 0) is 46.5 Å². The second-order valence-electron chi connectivity index (χ2n) is 15.9. The van der Waals surface area contributed by atoms with Crippen LogP contribution in [0.1, 0.15) is 50.2 Å².